The topological polar surface area (TPSA) is 94.3 Å². The van der Waals surface area contributed by atoms with Crippen molar-refractivity contribution in [2.75, 3.05) is 30.3 Å². The summed E-state index contributed by atoms with van der Waals surface area (Å²) in [5, 5.41) is 17.5. The van der Waals surface area contributed by atoms with Gasteiger partial charge in [-0.1, -0.05) is 35.9 Å². The Balaban J connectivity index is 1.43. The lowest BCUT2D eigenvalue weighted by atomic mass is 10.0. The number of H-pyrrole nitrogens is 1. The highest BCUT2D eigenvalue weighted by Gasteiger charge is 2.26. The average Bonchev–Trinajstić information content (AvgIpc) is 3.19. The highest BCUT2D eigenvalue weighted by atomic mass is 35.5. The Hall–Kier alpha value is -2.77. The predicted octanol–water partition coefficient (Wildman–Crippen LogP) is 3.46. The normalized spacial score (nSPS) is 15.1. The molecule has 1 saturated heterocycles. The van der Waals surface area contributed by atoms with E-state index >= 15 is 0 Å². The molecular formula is C22H27ClN6O. The second kappa shape index (κ2) is 9.36. The van der Waals surface area contributed by atoms with Crippen molar-refractivity contribution in [3.8, 4) is 5.75 Å². The Morgan fingerprint density at radius 2 is 1.90 bits per heavy atom. The van der Waals surface area contributed by atoms with Gasteiger partial charge < -0.3 is 15.7 Å². The van der Waals surface area contributed by atoms with Crippen molar-refractivity contribution in [1.82, 2.24) is 20.1 Å². The Bertz CT molecular complexity index is 952. The van der Waals surface area contributed by atoms with E-state index in [4.69, 9.17) is 17.3 Å². The van der Waals surface area contributed by atoms with E-state index in [-0.39, 0.29) is 0 Å². The van der Waals surface area contributed by atoms with Crippen LogP contribution in [0.5, 0.6) is 5.75 Å². The lowest BCUT2D eigenvalue weighted by Crippen LogP contribution is -2.45. The molecule has 4 N–H and O–H groups in total. The number of benzene rings is 2. The first kappa shape index (κ1) is 20.5. The number of hydrogen-bond acceptors (Lipinski definition) is 6. The van der Waals surface area contributed by atoms with Crippen molar-refractivity contribution in [2.24, 2.45) is 0 Å². The summed E-state index contributed by atoms with van der Waals surface area (Å²) in [6.07, 6.45) is 3.00. The number of nitrogens with one attached hydrogen (secondary N) is 1. The first-order valence-corrected chi connectivity index (χ1v) is 10.6. The molecular weight excluding hydrogens is 400 g/mol. The van der Waals surface area contributed by atoms with Gasteiger partial charge in [0.15, 0.2) is 0 Å². The minimum Gasteiger partial charge on any atom is -0.508 e. The number of aromatic nitrogens is 3. The summed E-state index contributed by atoms with van der Waals surface area (Å²) in [6, 6.07) is 16.0. The Kier molecular flexibility index (Phi) is 6.40. The number of piperidine rings is 1. The van der Waals surface area contributed by atoms with Gasteiger partial charge in [0, 0.05) is 37.2 Å². The third kappa shape index (κ3) is 5.23. The van der Waals surface area contributed by atoms with Gasteiger partial charge in [0.05, 0.1) is 0 Å². The van der Waals surface area contributed by atoms with Gasteiger partial charge in [-0.3, -0.25) is 4.90 Å². The Labute approximate surface area is 181 Å². The van der Waals surface area contributed by atoms with Gasteiger partial charge in [-0.05, 0) is 54.7 Å². The number of phenolic OH excluding ortho intramolecular Hbond substituents is 1. The van der Waals surface area contributed by atoms with Crippen LogP contribution in [-0.2, 0) is 13.0 Å². The van der Waals surface area contributed by atoms with Gasteiger partial charge in [-0.25, -0.2) is 5.10 Å². The summed E-state index contributed by atoms with van der Waals surface area (Å²) in [4.78, 5) is 8.95. The third-order valence-electron chi connectivity index (χ3n) is 5.65. The third-order valence-corrected chi connectivity index (χ3v) is 5.90. The van der Waals surface area contributed by atoms with E-state index in [9.17, 15) is 5.11 Å². The largest absolute Gasteiger partial charge is 0.508 e. The summed E-state index contributed by atoms with van der Waals surface area (Å²) in [5.74, 6) is 1.33. The second-order valence-electron chi connectivity index (χ2n) is 7.76. The lowest BCUT2D eigenvalue weighted by Gasteiger charge is -2.38. The first-order chi connectivity index (χ1) is 14.6. The van der Waals surface area contributed by atoms with E-state index in [0.29, 0.717) is 23.7 Å². The molecule has 0 saturated carbocycles. The molecule has 2 aromatic carbocycles. The zero-order valence-electron chi connectivity index (χ0n) is 16.8. The van der Waals surface area contributed by atoms with E-state index in [2.05, 4.69) is 43.2 Å². The van der Waals surface area contributed by atoms with Crippen LogP contribution >= 0.6 is 11.6 Å². The maximum absolute atomic E-state index is 9.87. The smallest absolute Gasteiger partial charge is 0.246 e. The molecule has 0 spiro atoms. The van der Waals surface area contributed by atoms with Gasteiger partial charge >= 0.3 is 0 Å². The molecule has 0 aliphatic carbocycles. The van der Waals surface area contributed by atoms with Crippen LogP contribution < -0.4 is 10.6 Å². The molecule has 7 nitrogen and oxygen atoms in total. The number of rotatable bonds is 7. The van der Waals surface area contributed by atoms with E-state index in [1.54, 1.807) is 6.07 Å². The summed E-state index contributed by atoms with van der Waals surface area (Å²) in [6.45, 7) is 3.52. The van der Waals surface area contributed by atoms with Gasteiger partial charge in [0.2, 0.25) is 11.9 Å². The van der Waals surface area contributed by atoms with Crippen LogP contribution in [0.3, 0.4) is 0 Å². The maximum Gasteiger partial charge on any atom is 0.246 e. The van der Waals surface area contributed by atoms with Crippen molar-refractivity contribution in [3.05, 3.63) is 64.7 Å². The highest BCUT2D eigenvalue weighted by Crippen LogP contribution is 2.23. The number of nitrogens with zero attached hydrogens (tertiary/aromatic N) is 4. The average molecular weight is 427 g/mol. The molecule has 0 bridgehead atoms. The molecule has 3 aromatic rings. The zero-order chi connectivity index (χ0) is 20.9. The zero-order valence-corrected chi connectivity index (χ0v) is 17.6. The quantitative estimate of drug-likeness (QED) is 0.535. The standard InChI is InChI=1S/C22H27ClN6O/c23-18-6-4-16(5-7-18)8-11-29(15-17-2-1-3-20(30)14-17)19-9-12-28(13-10-19)22-25-21(24)26-27-22/h1-7,14,19,30H,8-13,15H2,(H3,24,25,26,27). The van der Waals surface area contributed by atoms with Crippen LogP contribution in [0.25, 0.3) is 0 Å². The lowest BCUT2D eigenvalue weighted by molar-refractivity contribution is 0.162. The second-order valence-corrected chi connectivity index (χ2v) is 8.19. The van der Waals surface area contributed by atoms with Gasteiger partial charge in [-0.2, -0.15) is 4.98 Å². The number of nitrogens with two attached hydrogens (primary N) is 1. The number of nitrogen functional groups attached to an aromatic ring is 1. The van der Waals surface area contributed by atoms with Crippen molar-refractivity contribution < 1.29 is 5.11 Å². The van der Waals surface area contributed by atoms with Crippen LogP contribution in [0.4, 0.5) is 11.9 Å². The molecule has 8 heteroatoms. The first-order valence-electron chi connectivity index (χ1n) is 10.3. The molecule has 0 atom stereocenters. The fourth-order valence-electron chi connectivity index (χ4n) is 4.04. The van der Waals surface area contributed by atoms with Crippen molar-refractivity contribution in [3.63, 3.8) is 0 Å². The van der Waals surface area contributed by atoms with Gasteiger partial charge in [-0.15, -0.1) is 5.10 Å². The Morgan fingerprint density at radius 1 is 1.13 bits per heavy atom. The molecule has 1 aromatic heterocycles. The molecule has 158 valence electrons. The molecule has 0 radical (unpaired) electrons. The van der Waals surface area contributed by atoms with Crippen molar-refractivity contribution in [2.45, 2.75) is 31.8 Å². The maximum atomic E-state index is 9.87. The highest BCUT2D eigenvalue weighted by molar-refractivity contribution is 6.30. The van der Waals surface area contributed by atoms with Gasteiger partial charge in [0.1, 0.15) is 5.75 Å². The van der Waals surface area contributed by atoms with Crippen LogP contribution in [0, 0.1) is 0 Å². The van der Waals surface area contributed by atoms with E-state index in [1.165, 1.54) is 5.56 Å². The van der Waals surface area contributed by atoms with E-state index in [1.807, 2.05) is 24.3 Å². The predicted molar refractivity (Wildman–Crippen MR) is 120 cm³/mol. The van der Waals surface area contributed by atoms with Crippen LogP contribution in [-0.4, -0.2) is 50.9 Å². The van der Waals surface area contributed by atoms with Crippen molar-refractivity contribution >= 4 is 23.5 Å². The number of anilines is 2. The summed E-state index contributed by atoms with van der Waals surface area (Å²) < 4.78 is 0. The fraction of sp³-hybridized carbons (Fsp3) is 0.364. The molecule has 4 rings (SSSR count). The minimum absolute atomic E-state index is 0.308. The monoisotopic (exact) mass is 426 g/mol. The summed E-state index contributed by atoms with van der Waals surface area (Å²) in [7, 11) is 0. The molecule has 1 aliphatic rings. The van der Waals surface area contributed by atoms with Crippen LogP contribution in [0.2, 0.25) is 5.02 Å². The van der Waals surface area contributed by atoms with Crippen molar-refractivity contribution in [1.29, 1.82) is 0 Å². The fourth-order valence-corrected chi connectivity index (χ4v) is 4.17. The van der Waals surface area contributed by atoms with Crippen LogP contribution in [0.1, 0.15) is 24.0 Å². The molecule has 1 fully saturated rings. The summed E-state index contributed by atoms with van der Waals surface area (Å²) in [5.41, 5.74) is 8.06. The number of phenols is 1. The van der Waals surface area contributed by atoms with Gasteiger partial charge in [0.25, 0.3) is 0 Å². The molecule has 1 aliphatic heterocycles. The summed E-state index contributed by atoms with van der Waals surface area (Å²) >= 11 is 6.02. The minimum atomic E-state index is 0.308. The number of aromatic hydroxyl groups is 1. The van der Waals surface area contributed by atoms with E-state index < -0.39 is 0 Å². The number of halogens is 1. The molecule has 0 unspecified atom stereocenters. The SMILES string of the molecule is Nc1nc(N2CCC(N(CCc3ccc(Cl)cc3)Cc3cccc(O)c3)CC2)n[nH]1. The molecule has 0 amide bonds. The van der Waals surface area contributed by atoms with E-state index in [0.717, 1.165) is 56.0 Å². The molecule has 2 heterocycles. The number of hydrogen-bond donors (Lipinski definition) is 3. The molecule has 30 heavy (non-hydrogen) atoms. The number of aromatic amines is 1. The van der Waals surface area contributed by atoms with Crippen LogP contribution in [0.15, 0.2) is 48.5 Å². The Morgan fingerprint density at radius 3 is 2.57 bits per heavy atom.